The number of anilines is 2. The first-order valence-corrected chi connectivity index (χ1v) is 6.37. The fourth-order valence-corrected chi connectivity index (χ4v) is 2.80. The summed E-state index contributed by atoms with van der Waals surface area (Å²) in [6, 6.07) is 0.625. The van der Waals surface area contributed by atoms with Crippen molar-refractivity contribution in [3.63, 3.8) is 0 Å². The van der Waals surface area contributed by atoms with Crippen LogP contribution in [0, 0.1) is 0 Å². The summed E-state index contributed by atoms with van der Waals surface area (Å²) < 4.78 is 4.02. The molecule has 0 spiro atoms. The summed E-state index contributed by atoms with van der Waals surface area (Å²) in [6.07, 6.45) is 7.98. The molecule has 1 aliphatic carbocycles. The van der Waals surface area contributed by atoms with Crippen LogP contribution >= 0.6 is 11.5 Å². The summed E-state index contributed by atoms with van der Waals surface area (Å²) in [5.74, 6) is 0.399. The van der Waals surface area contributed by atoms with Crippen LogP contribution in [0.2, 0.25) is 0 Å². The lowest BCUT2D eigenvalue weighted by atomic mass is 10.1. The van der Waals surface area contributed by atoms with Gasteiger partial charge >= 0.3 is 0 Å². The molecule has 1 aliphatic rings. The van der Waals surface area contributed by atoms with Gasteiger partial charge in [-0.3, -0.25) is 0 Å². The zero-order valence-corrected chi connectivity index (χ0v) is 9.96. The first kappa shape index (κ1) is 10.7. The molecule has 15 heavy (non-hydrogen) atoms. The molecule has 84 valence electrons. The molecule has 0 atom stereocenters. The van der Waals surface area contributed by atoms with E-state index in [1.807, 2.05) is 0 Å². The van der Waals surface area contributed by atoms with E-state index in [1.165, 1.54) is 50.1 Å². The molecule has 1 saturated carbocycles. The minimum atomic E-state index is 0.399. The average molecular weight is 226 g/mol. The predicted molar refractivity (Wildman–Crippen MR) is 64.2 cm³/mol. The maximum absolute atomic E-state index is 5.54. The fourth-order valence-electron chi connectivity index (χ4n) is 2.17. The van der Waals surface area contributed by atoms with Gasteiger partial charge in [0.25, 0.3) is 0 Å². The molecule has 5 heteroatoms. The minimum absolute atomic E-state index is 0.399. The van der Waals surface area contributed by atoms with Crippen LogP contribution in [0.4, 0.5) is 11.1 Å². The second kappa shape index (κ2) is 4.79. The highest BCUT2D eigenvalue weighted by molar-refractivity contribution is 7.09. The molecule has 2 rings (SSSR count). The molecule has 0 unspecified atom stereocenters. The van der Waals surface area contributed by atoms with Crippen LogP contribution in [-0.2, 0) is 0 Å². The van der Waals surface area contributed by atoms with Crippen LogP contribution < -0.4 is 10.6 Å². The Hall–Kier alpha value is -0.840. The quantitative estimate of drug-likeness (QED) is 0.786. The molecule has 2 N–H and O–H groups in total. The zero-order chi connectivity index (χ0) is 10.7. The van der Waals surface area contributed by atoms with Crippen molar-refractivity contribution in [1.82, 2.24) is 9.36 Å². The molecular weight excluding hydrogens is 208 g/mol. The highest BCUT2D eigenvalue weighted by Gasteiger charge is 2.19. The third kappa shape index (κ3) is 2.59. The summed E-state index contributed by atoms with van der Waals surface area (Å²) in [7, 11) is 2.11. The number of nitrogens with two attached hydrogens (primary N) is 1. The van der Waals surface area contributed by atoms with E-state index in [1.54, 1.807) is 0 Å². The lowest BCUT2D eigenvalue weighted by molar-refractivity contribution is 0.552. The van der Waals surface area contributed by atoms with E-state index in [-0.39, 0.29) is 0 Å². The minimum Gasteiger partial charge on any atom is -0.367 e. The topological polar surface area (TPSA) is 55.0 Å². The van der Waals surface area contributed by atoms with Crippen LogP contribution in [0.1, 0.15) is 38.5 Å². The molecular formula is C10H18N4S. The number of nitrogens with zero attached hydrogens (tertiary/aromatic N) is 3. The SMILES string of the molecule is CN(c1nc(N)ns1)C1CCCCCC1. The Labute approximate surface area is 94.7 Å². The van der Waals surface area contributed by atoms with Gasteiger partial charge in [-0.05, 0) is 12.8 Å². The van der Waals surface area contributed by atoms with E-state index in [4.69, 9.17) is 5.73 Å². The van der Waals surface area contributed by atoms with Crippen LogP contribution in [0.5, 0.6) is 0 Å². The van der Waals surface area contributed by atoms with Crippen LogP contribution in [0.15, 0.2) is 0 Å². The van der Waals surface area contributed by atoms with Crippen molar-refractivity contribution in [2.75, 3.05) is 17.7 Å². The molecule has 0 bridgehead atoms. The molecule has 0 radical (unpaired) electrons. The Kier molecular flexibility index (Phi) is 3.41. The molecule has 1 fully saturated rings. The van der Waals surface area contributed by atoms with Gasteiger partial charge in [0.1, 0.15) is 0 Å². The Morgan fingerprint density at radius 2 is 1.93 bits per heavy atom. The van der Waals surface area contributed by atoms with E-state index in [0.29, 0.717) is 12.0 Å². The Morgan fingerprint density at radius 3 is 2.47 bits per heavy atom. The first-order valence-electron chi connectivity index (χ1n) is 5.59. The smallest absolute Gasteiger partial charge is 0.233 e. The molecule has 0 amide bonds. The molecule has 4 nitrogen and oxygen atoms in total. The van der Waals surface area contributed by atoms with Gasteiger partial charge < -0.3 is 10.6 Å². The number of hydrogen-bond acceptors (Lipinski definition) is 5. The standard InChI is InChI=1S/C10H18N4S/c1-14(10-12-9(11)13-15-10)8-6-4-2-3-5-7-8/h8H,2-7H2,1H3,(H2,11,13). The van der Waals surface area contributed by atoms with Crippen molar-refractivity contribution in [3.05, 3.63) is 0 Å². The maximum atomic E-state index is 5.54. The Balaban J connectivity index is 2.02. The van der Waals surface area contributed by atoms with Gasteiger partial charge in [-0.15, -0.1) is 0 Å². The maximum Gasteiger partial charge on any atom is 0.233 e. The van der Waals surface area contributed by atoms with Crippen LogP contribution in [0.3, 0.4) is 0 Å². The number of aromatic nitrogens is 2. The third-order valence-electron chi connectivity index (χ3n) is 3.11. The van der Waals surface area contributed by atoms with E-state index < -0.39 is 0 Å². The van der Waals surface area contributed by atoms with Gasteiger partial charge in [0.15, 0.2) is 0 Å². The lowest BCUT2D eigenvalue weighted by Gasteiger charge is -2.26. The largest absolute Gasteiger partial charge is 0.367 e. The first-order chi connectivity index (χ1) is 7.27. The van der Waals surface area contributed by atoms with Crippen molar-refractivity contribution >= 4 is 22.6 Å². The molecule has 1 heterocycles. The summed E-state index contributed by atoms with van der Waals surface area (Å²) in [6.45, 7) is 0. The summed E-state index contributed by atoms with van der Waals surface area (Å²) in [5.41, 5.74) is 5.54. The van der Waals surface area contributed by atoms with Gasteiger partial charge in [-0.1, -0.05) is 25.7 Å². The monoisotopic (exact) mass is 226 g/mol. The average Bonchev–Trinajstić information content (AvgIpc) is 2.53. The molecule has 0 aromatic carbocycles. The van der Waals surface area contributed by atoms with Crippen molar-refractivity contribution in [1.29, 1.82) is 0 Å². The van der Waals surface area contributed by atoms with Crippen molar-refractivity contribution < 1.29 is 0 Å². The highest BCUT2D eigenvalue weighted by atomic mass is 32.1. The second-order valence-electron chi connectivity index (χ2n) is 4.19. The van der Waals surface area contributed by atoms with Gasteiger partial charge in [-0.25, -0.2) is 0 Å². The summed E-state index contributed by atoms with van der Waals surface area (Å²) in [5, 5.41) is 0.958. The van der Waals surface area contributed by atoms with Crippen LogP contribution in [-0.4, -0.2) is 22.4 Å². The molecule has 1 aromatic heterocycles. The molecule has 0 saturated heterocycles. The Bertz CT molecular complexity index is 304. The number of hydrogen-bond donors (Lipinski definition) is 1. The van der Waals surface area contributed by atoms with Crippen molar-refractivity contribution in [2.45, 2.75) is 44.6 Å². The third-order valence-corrected chi connectivity index (χ3v) is 3.93. The van der Waals surface area contributed by atoms with Gasteiger partial charge in [0.05, 0.1) is 0 Å². The number of rotatable bonds is 2. The fraction of sp³-hybridized carbons (Fsp3) is 0.800. The van der Waals surface area contributed by atoms with E-state index in [9.17, 15) is 0 Å². The van der Waals surface area contributed by atoms with E-state index in [2.05, 4.69) is 21.3 Å². The summed E-state index contributed by atoms with van der Waals surface area (Å²) >= 11 is 1.40. The number of nitrogen functional groups attached to an aromatic ring is 1. The van der Waals surface area contributed by atoms with Gasteiger partial charge in [-0.2, -0.15) is 9.36 Å². The van der Waals surface area contributed by atoms with Crippen molar-refractivity contribution in [2.24, 2.45) is 0 Å². The van der Waals surface area contributed by atoms with Gasteiger partial charge in [0.2, 0.25) is 11.1 Å². The second-order valence-corrected chi connectivity index (χ2v) is 4.92. The lowest BCUT2D eigenvalue weighted by Crippen LogP contribution is -2.30. The Morgan fingerprint density at radius 1 is 1.27 bits per heavy atom. The molecule has 0 aliphatic heterocycles. The van der Waals surface area contributed by atoms with E-state index >= 15 is 0 Å². The normalized spacial score (nSPS) is 18.7. The predicted octanol–water partition coefficient (Wildman–Crippen LogP) is 2.28. The zero-order valence-electron chi connectivity index (χ0n) is 9.15. The van der Waals surface area contributed by atoms with Crippen LogP contribution in [0.25, 0.3) is 0 Å². The summed E-state index contributed by atoms with van der Waals surface area (Å²) in [4.78, 5) is 6.48. The molecule has 1 aromatic rings. The van der Waals surface area contributed by atoms with E-state index in [0.717, 1.165) is 5.13 Å². The van der Waals surface area contributed by atoms with Gasteiger partial charge in [0, 0.05) is 24.6 Å². The highest BCUT2D eigenvalue weighted by Crippen LogP contribution is 2.26. The van der Waals surface area contributed by atoms with Crippen molar-refractivity contribution in [3.8, 4) is 0 Å².